The van der Waals surface area contributed by atoms with Crippen LogP contribution in [0, 0.1) is 5.92 Å². The third kappa shape index (κ3) is 4.99. The highest BCUT2D eigenvalue weighted by Gasteiger charge is 2.16. The first-order chi connectivity index (χ1) is 7.22. The molecule has 0 aliphatic carbocycles. The van der Waals surface area contributed by atoms with Crippen LogP contribution in [0.4, 0.5) is 0 Å². The van der Waals surface area contributed by atoms with Crippen molar-refractivity contribution in [3.05, 3.63) is 0 Å². The van der Waals surface area contributed by atoms with E-state index >= 15 is 0 Å². The van der Waals surface area contributed by atoms with Gasteiger partial charge in [0, 0.05) is 19.5 Å². The molecule has 0 aromatic carbocycles. The van der Waals surface area contributed by atoms with Gasteiger partial charge in [0.05, 0.1) is 0 Å². The Morgan fingerprint density at radius 1 is 1.67 bits per heavy atom. The lowest BCUT2D eigenvalue weighted by molar-refractivity contribution is 0.207. The van der Waals surface area contributed by atoms with Crippen molar-refractivity contribution in [2.24, 2.45) is 16.8 Å². The van der Waals surface area contributed by atoms with Crippen molar-refractivity contribution in [3.63, 3.8) is 0 Å². The van der Waals surface area contributed by atoms with Crippen LogP contribution in [0.1, 0.15) is 19.3 Å². The molecule has 1 aliphatic rings. The van der Waals surface area contributed by atoms with Crippen LogP contribution in [-0.2, 0) is 0 Å². The number of hydrogen-bond donors (Lipinski definition) is 3. The summed E-state index contributed by atoms with van der Waals surface area (Å²) in [7, 11) is 2.17. The van der Waals surface area contributed by atoms with E-state index < -0.39 is 0 Å². The van der Waals surface area contributed by atoms with E-state index in [4.69, 9.17) is 10.9 Å². The SMILES string of the molecule is CN1CCCC(CNCCC(N)=NO)C1. The summed E-state index contributed by atoms with van der Waals surface area (Å²) in [6.07, 6.45) is 3.21. The lowest BCUT2D eigenvalue weighted by atomic mass is 9.98. The number of rotatable bonds is 5. The summed E-state index contributed by atoms with van der Waals surface area (Å²) in [5.41, 5.74) is 5.37. The number of amidine groups is 1. The molecular weight excluding hydrogens is 192 g/mol. The van der Waals surface area contributed by atoms with Crippen LogP contribution >= 0.6 is 0 Å². The average Bonchev–Trinajstić information content (AvgIpc) is 2.24. The molecule has 1 heterocycles. The van der Waals surface area contributed by atoms with Gasteiger partial charge in [0.15, 0.2) is 0 Å². The van der Waals surface area contributed by atoms with Crippen LogP contribution in [0.25, 0.3) is 0 Å². The third-order valence-electron chi connectivity index (χ3n) is 2.84. The highest BCUT2D eigenvalue weighted by atomic mass is 16.4. The molecule has 1 atom stereocenters. The van der Waals surface area contributed by atoms with E-state index in [0.29, 0.717) is 12.3 Å². The van der Waals surface area contributed by atoms with Gasteiger partial charge >= 0.3 is 0 Å². The quantitative estimate of drug-likeness (QED) is 0.199. The van der Waals surface area contributed by atoms with Gasteiger partial charge in [0.25, 0.3) is 0 Å². The van der Waals surface area contributed by atoms with Gasteiger partial charge in [-0.3, -0.25) is 0 Å². The molecule has 1 aliphatic heterocycles. The summed E-state index contributed by atoms with van der Waals surface area (Å²) >= 11 is 0. The molecule has 1 rings (SSSR count). The standard InChI is InChI=1S/C10H22N4O/c1-14-6-2-3-9(8-14)7-12-5-4-10(11)13-15/h9,12,15H,2-8H2,1H3,(H2,11,13). The van der Waals surface area contributed by atoms with Crippen molar-refractivity contribution >= 4 is 5.84 Å². The van der Waals surface area contributed by atoms with Crippen LogP contribution in [0.3, 0.4) is 0 Å². The Morgan fingerprint density at radius 3 is 3.13 bits per heavy atom. The zero-order chi connectivity index (χ0) is 11.1. The van der Waals surface area contributed by atoms with Crippen LogP contribution in [-0.4, -0.2) is 49.2 Å². The number of likely N-dealkylation sites (tertiary alicyclic amines) is 1. The van der Waals surface area contributed by atoms with Crippen LogP contribution in [0.2, 0.25) is 0 Å². The maximum atomic E-state index is 8.35. The molecule has 0 radical (unpaired) electrons. The smallest absolute Gasteiger partial charge is 0.140 e. The largest absolute Gasteiger partial charge is 0.409 e. The minimum atomic E-state index is 0.295. The molecule has 1 saturated heterocycles. The van der Waals surface area contributed by atoms with Crippen molar-refractivity contribution in [2.75, 3.05) is 33.2 Å². The first-order valence-electron chi connectivity index (χ1n) is 5.58. The van der Waals surface area contributed by atoms with Crippen molar-refractivity contribution in [3.8, 4) is 0 Å². The van der Waals surface area contributed by atoms with E-state index in [-0.39, 0.29) is 0 Å². The molecule has 4 N–H and O–H groups in total. The summed E-state index contributed by atoms with van der Waals surface area (Å²) < 4.78 is 0. The second-order valence-electron chi connectivity index (χ2n) is 4.32. The lowest BCUT2D eigenvalue weighted by Gasteiger charge is -2.29. The zero-order valence-electron chi connectivity index (χ0n) is 9.45. The van der Waals surface area contributed by atoms with Gasteiger partial charge in [0.2, 0.25) is 0 Å². The van der Waals surface area contributed by atoms with E-state index in [2.05, 4.69) is 22.4 Å². The Labute approximate surface area is 91.3 Å². The number of oxime groups is 1. The van der Waals surface area contributed by atoms with Crippen molar-refractivity contribution in [1.29, 1.82) is 0 Å². The molecule has 5 heteroatoms. The maximum Gasteiger partial charge on any atom is 0.140 e. The molecule has 0 spiro atoms. The van der Waals surface area contributed by atoms with Gasteiger partial charge in [-0.15, -0.1) is 0 Å². The number of nitrogens with zero attached hydrogens (tertiary/aromatic N) is 2. The number of nitrogens with two attached hydrogens (primary N) is 1. The summed E-state index contributed by atoms with van der Waals surface area (Å²) in [5, 5.41) is 14.6. The summed E-state index contributed by atoms with van der Waals surface area (Å²) in [4.78, 5) is 2.37. The Bertz CT molecular complexity index is 208. The maximum absolute atomic E-state index is 8.35. The van der Waals surface area contributed by atoms with Gasteiger partial charge < -0.3 is 21.2 Å². The minimum absolute atomic E-state index is 0.295. The molecule has 0 saturated carbocycles. The minimum Gasteiger partial charge on any atom is -0.409 e. The van der Waals surface area contributed by atoms with E-state index in [1.54, 1.807) is 0 Å². The monoisotopic (exact) mass is 214 g/mol. The molecule has 0 amide bonds. The van der Waals surface area contributed by atoms with Gasteiger partial charge in [0.1, 0.15) is 5.84 Å². The highest BCUT2D eigenvalue weighted by molar-refractivity contribution is 5.79. The van der Waals surface area contributed by atoms with Crippen LogP contribution in [0.15, 0.2) is 5.16 Å². The van der Waals surface area contributed by atoms with Gasteiger partial charge in [-0.1, -0.05) is 5.16 Å². The van der Waals surface area contributed by atoms with E-state index in [9.17, 15) is 0 Å². The Morgan fingerprint density at radius 2 is 2.47 bits per heavy atom. The molecule has 0 aromatic heterocycles. The lowest BCUT2D eigenvalue weighted by Crippen LogP contribution is -2.38. The predicted octanol–water partition coefficient (Wildman–Crippen LogP) is 0.0543. The van der Waals surface area contributed by atoms with Gasteiger partial charge in [-0.05, 0) is 38.9 Å². The normalized spacial score (nSPS) is 24.3. The molecule has 5 nitrogen and oxygen atoms in total. The number of nitrogens with one attached hydrogen (secondary N) is 1. The first kappa shape index (κ1) is 12.3. The van der Waals surface area contributed by atoms with E-state index in [0.717, 1.165) is 19.0 Å². The topological polar surface area (TPSA) is 73.9 Å². The van der Waals surface area contributed by atoms with E-state index in [1.165, 1.54) is 25.9 Å². The fourth-order valence-electron chi connectivity index (χ4n) is 2.01. The van der Waals surface area contributed by atoms with Gasteiger partial charge in [-0.2, -0.15) is 0 Å². The zero-order valence-corrected chi connectivity index (χ0v) is 9.45. The molecular formula is C10H22N4O. The Balaban J connectivity index is 2.04. The Kier molecular flexibility index (Phi) is 5.42. The number of piperidine rings is 1. The summed E-state index contributed by atoms with van der Waals surface area (Å²) in [5.74, 6) is 1.04. The Hall–Kier alpha value is -0.810. The molecule has 0 aromatic rings. The number of hydrogen-bond acceptors (Lipinski definition) is 4. The summed E-state index contributed by atoms with van der Waals surface area (Å²) in [6, 6.07) is 0. The second kappa shape index (κ2) is 6.63. The van der Waals surface area contributed by atoms with E-state index in [1.807, 2.05) is 0 Å². The molecule has 0 bridgehead atoms. The third-order valence-corrected chi connectivity index (χ3v) is 2.84. The second-order valence-corrected chi connectivity index (χ2v) is 4.32. The fraction of sp³-hybridized carbons (Fsp3) is 0.900. The van der Waals surface area contributed by atoms with Crippen LogP contribution < -0.4 is 11.1 Å². The van der Waals surface area contributed by atoms with Gasteiger partial charge in [-0.25, -0.2) is 0 Å². The molecule has 88 valence electrons. The van der Waals surface area contributed by atoms with Crippen LogP contribution in [0.5, 0.6) is 0 Å². The first-order valence-corrected chi connectivity index (χ1v) is 5.58. The molecule has 1 unspecified atom stereocenters. The fourth-order valence-corrected chi connectivity index (χ4v) is 2.01. The summed E-state index contributed by atoms with van der Waals surface area (Å²) in [6.45, 7) is 4.22. The average molecular weight is 214 g/mol. The van der Waals surface area contributed by atoms with Crippen molar-refractivity contribution in [1.82, 2.24) is 10.2 Å². The predicted molar refractivity (Wildman–Crippen MR) is 61.1 cm³/mol. The highest BCUT2D eigenvalue weighted by Crippen LogP contribution is 2.13. The van der Waals surface area contributed by atoms with Crippen molar-refractivity contribution in [2.45, 2.75) is 19.3 Å². The molecule has 15 heavy (non-hydrogen) atoms. The molecule has 1 fully saturated rings. The van der Waals surface area contributed by atoms with Crippen molar-refractivity contribution < 1.29 is 5.21 Å².